The molecule has 1 aliphatic carbocycles. The molecule has 3 heterocycles. The molecule has 6 heteroatoms. The van der Waals surface area contributed by atoms with E-state index >= 15 is 0 Å². The van der Waals surface area contributed by atoms with Gasteiger partial charge in [-0.2, -0.15) is 0 Å². The Morgan fingerprint density at radius 1 is 1.18 bits per heavy atom. The van der Waals surface area contributed by atoms with Crippen LogP contribution in [0.5, 0.6) is 0 Å². The molecule has 1 aliphatic heterocycles. The van der Waals surface area contributed by atoms with Crippen LogP contribution in [0.2, 0.25) is 5.15 Å². The first-order valence-corrected chi connectivity index (χ1v) is 8.08. The second-order valence-corrected chi connectivity index (χ2v) is 6.26. The molecule has 0 radical (unpaired) electrons. The van der Waals surface area contributed by atoms with E-state index in [4.69, 9.17) is 16.6 Å². The molecule has 0 aromatic carbocycles. The number of amides is 1. The van der Waals surface area contributed by atoms with Crippen LogP contribution in [-0.2, 0) is 25.9 Å². The molecule has 2 aromatic heterocycles. The Balaban J connectivity index is 1.58. The van der Waals surface area contributed by atoms with Crippen molar-refractivity contribution in [3.05, 3.63) is 46.3 Å². The number of aromatic nitrogens is 3. The standard InChI is InChI=1S/C16H17ClN4O/c17-14-6-5-11(9-18-14)16(22)20-7-8-21-13-4-2-1-3-12(13)19-15(21)10-20/h5-6,9H,1-4,7-8,10H2. The van der Waals surface area contributed by atoms with Gasteiger partial charge < -0.3 is 9.47 Å². The Labute approximate surface area is 133 Å². The first kappa shape index (κ1) is 13.8. The van der Waals surface area contributed by atoms with Crippen LogP contribution in [0.1, 0.15) is 40.4 Å². The summed E-state index contributed by atoms with van der Waals surface area (Å²) in [6.07, 6.45) is 6.21. The number of carbonyl (C=O) groups is 1. The highest BCUT2D eigenvalue weighted by molar-refractivity contribution is 6.29. The second-order valence-electron chi connectivity index (χ2n) is 5.88. The van der Waals surface area contributed by atoms with Crippen LogP contribution in [0.25, 0.3) is 0 Å². The average molecular weight is 317 g/mol. The van der Waals surface area contributed by atoms with Crippen LogP contribution >= 0.6 is 11.6 Å². The number of aryl methyl sites for hydroxylation is 1. The normalized spacial score (nSPS) is 17.0. The topological polar surface area (TPSA) is 51.0 Å². The van der Waals surface area contributed by atoms with Gasteiger partial charge in [0.15, 0.2) is 0 Å². The minimum atomic E-state index is -0.00334. The van der Waals surface area contributed by atoms with Gasteiger partial charge in [0.1, 0.15) is 11.0 Å². The summed E-state index contributed by atoms with van der Waals surface area (Å²) in [5, 5.41) is 0.401. The molecule has 22 heavy (non-hydrogen) atoms. The van der Waals surface area contributed by atoms with Gasteiger partial charge in [0, 0.05) is 25.0 Å². The third-order valence-electron chi connectivity index (χ3n) is 4.50. The lowest BCUT2D eigenvalue weighted by Crippen LogP contribution is -2.38. The molecule has 0 bridgehead atoms. The third-order valence-corrected chi connectivity index (χ3v) is 4.72. The monoisotopic (exact) mass is 316 g/mol. The van der Waals surface area contributed by atoms with Gasteiger partial charge in [0.25, 0.3) is 5.91 Å². The van der Waals surface area contributed by atoms with Gasteiger partial charge in [-0.25, -0.2) is 9.97 Å². The van der Waals surface area contributed by atoms with Crippen molar-refractivity contribution in [3.8, 4) is 0 Å². The summed E-state index contributed by atoms with van der Waals surface area (Å²) in [5.41, 5.74) is 3.21. The lowest BCUT2D eigenvalue weighted by molar-refractivity contribution is 0.0706. The fourth-order valence-corrected chi connectivity index (χ4v) is 3.48. The third kappa shape index (κ3) is 2.29. The van der Waals surface area contributed by atoms with Crippen molar-refractivity contribution in [1.82, 2.24) is 19.4 Å². The number of rotatable bonds is 1. The molecule has 0 atom stereocenters. The van der Waals surface area contributed by atoms with E-state index in [1.54, 1.807) is 12.1 Å². The zero-order chi connectivity index (χ0) is 15.1. The van der Waals surface area contributed by atoms with Crippen molar-refractivity contribution in [2.75, 3.05) is 6.54 Å². The maximum absolute atomic E-state index is 12.6. The zero-order valence-corrected chi connectivity index (χ0v) is 13.0. The van der Waals surface area contributed by atoms with Crippen LogP contribution in [0.4, 0.5) is 0 Å². The summed E-state index contributed by atoms with van der Waals surface area (Å²) >= 11 is 5.78. The summed E-state index contributed by atoms with van der Waals surface area (Å²) in [5.74, 6) is 1.02. The highest BCUT2D eigenvalue weighted by Crippen LogP contribution is 2.25. The molecule has 0 N–H and O–H groups in total. The Kier molecular flexibility index (Phi) is 3.37. The van der Waals surface area contributed by atoms with Gasteiger partial charge in [-0.15, -0.1) is 0 Å². The number of imidazole rings is 1. The minimum absolute atomic E-state index is 0.00334. The highest BCUT2D eigenvalue weighted by Gasteiger charge is 2.27. The molecular formula is C16H17ClN4O. The molecule has 0 saturated heterocycles. The van der Waals surface area contributed by atoms with Crippen LogP contribution in [0.15, 0.2) is 18.3 Å². The smallest absolute Gasteiger partial charge is 0.255 e. The van der Waals surface area contributed by atoms with Gasteiger partial charge in [0.2, 0.25) is 0 Å². The molecular weight excluding hydrogens is 300 g/mol. The molecule has 2 aromatic rings. The lowest BCUT2D eigenvalue weighted by atomic mass is 10.0. The maximum Gasteiger partial charge on any atom is 0.255 e. The van der Waals surface area contributed by atoms with Crippen molar-refractivity contribution in [3.63, 3.8) is 0 Å². The molecule has 0 fully saturated rings. The number of hydrogen-bond acceptors (Lipinski definition) is 3. The Bertz CT molecular complexity index is 722. The fourth-order valence-electron chi connectivity index (χ4n) is 3.37. The number of halogens is 1. The van der Waals surface area contributed by atoms with Gasteiger partial charge in [-0.1, -0.05) is 11.6 Å². The Hall–Kier alpha value is -1.88. The van der Waals surface area contributed by atoms with Gasteiger partial charge in [-0.05, 0) is 37.8 Å². The van der Waals surface area contributed by atoms with Crippen LogP contribution < -0.4 is 0 Å². The quantitative estimate of drug-likeness (QED) is 0.759. The summed E-state index contributed by atoms with van der Waals surface area (Å²) in [6, 6.07) is 3.38. The zero-order valence-electron chi connectivity index (χ0n) is 12.3. The Morgan fingerprint density at radius 2 is 2.05 bits per heavy atom. The summed E-state index contributed by atoms with van der Waals surface area (Å²) in [4.78, 5) is 23.2. The van der Waals surface area contributed by atoms with E-state index in [-0.39, 0.29) is 5.91 Å². The number of carbonyl (C=O) groups excluding carboxylic acids is 1. The van der Waals surface area contributed by atoms with Gasteiger partial charge in [-0.3, -0.25) is 4.79 Å². The number of fused-ring (bicyclic) bond motifs is 3. The van der Waals surface area contributed by atoms with Gasteiger partial charge >= 0.3 is 0 Å². The maximum atomic E-state index is 12.6. The second kappa shape index (κ2) is 5.39. The van der Waals surface area contributed by atoms with E-state index in [0.29, 0.717) is 17.3 Å². The van der Waals surface area contributed by atoms with E-state index in [2.05, 4.69) is 9.55 Å². The predicted molar refractivity (Wildman–Crippen MR) is 82.9 cm³/mol. The van der Waals surface area contributed by atoms with Crippen LogP contribution in [0.3, 0.4) is 0 Å². The SMILES string of the molecule is O=C(c1ccc(Cl)nc1)N1CCn2c(nc3c2CCCC3)C1. The van der Waals surface area contributed by atoms with Crippen molar-refractivity contribution < 1.29 is 4.79 Å². The molecule has 5 nitrogen and oxygen atoms in total. The van der Waals surface area contributed by atoms with E-state index in [9.17, 15) is 4.79 Å². The van der Waals surface area contributed by atoms with E-state index in [1.165, 1.54) is 30.4 Å². The number of nitrogens with zero attached hydrogens (tertiary/aromatic N) is 4. The molecule has 1 amide bonds. The predicted octanol–water partition coefficient (Wildman–Crippen LogP) is 2.47. The van der Waals surface area contributed by atoms with Crippen molar-refractivity contribution in [2.24, 2.45) is 0 Å². The van der Waals surface area contributed by atoms with E-state index in [0.717, 1.165) is 31.8 Å². The largest absolute Gasteiger partial charge is 0.329 e. The molecule has 0 saturated carbocycles. The molecule has 0 spiro atoms. The molecule has 4 rings (SSSR count). The average Bonchev–Trinajstić information content (AvgIpc) is 2.92. The lowest BCUT2D eigenvalue weighted by Gasteiger charge is -2.29. The van der Waals surface area contributed by atoms with Crippen molar-refractivity contribution >= 4 is 17.5 Å². The molecule has 0 unspecified atom stereocenters. The molecule has 2 aliphatic rings. The van der Waals surface area contributed by atoms with Gasteiger partial charge in [0.05, 0.1) is 17.8 Å². The molecule has 114 valence electrons. The summed E-state index contributed by atoms with van der Waals surface area (Å²) in [6.45, 7) is 2.14. The Morgan fingerprint density at radius 3 is 2.86 bits per heavy atom. The highest BCUT2D eigenvalue weighted by atomic mass is 35.5. The fraction of sp³-hybridized carbons (Fsp3) is 0.438. The van der Waals surface area contributed by atoms with E-state index < -0.39 is 0 Å². The number of pyridine rings is 1. The first-order chi connectivity index (χ1) is 10.7. The van der Waals surface area contributed by atoms with Crippen molar-refractivity contribution in [1.29, 1.82) is 0 Å². The summed E-state index contributed by atoms with van der Waals surface area (Å²) in [7, 11) is 0. The number of hydrogen-bond donors (Lipinski definition) is 0. The summed E-state index contributed by atoms with van der Waals surface area (Å²) < 4.78 is 2.32. The minimum Gasteiger partial charge on any atom is -0.329 e. The first-order valence-electron chi connectivity index (χ1n) is 7.70. The van der Waals surface area contributed by atoms with Crippen molar-refractivity contribution in [2.45, 2.75) is 38.8 Å². The van der Waals surface area contributed by atoms with Crippen LogP contribution in [0, 0.1) is 0 Å². The van der Waals surface area contributed by atoms with Crippen LogP contribution in [-0.4, -0.2) is 31.9 Å². The van der Waals surface area contributed by atoms with E-state index in [1.807, 2.05) is 4.90 Å².